The second-order valence-corrected chi connectivity index (χ2v) is 8.45. The Kier molecular flexibility index (Phi) is 24.6. The van der Waals surface area contributed by atoms with Gasteiger partial charge in [-0.05, 0) is 6.42 Å². The number of nitrogens with two attached hydrogens (primary N) is 1. The van der Waals surface area contributed by atoms with E-state index in [1.54, 1.807) is 0 Å². The Bertz CT molecular complexity index is 402. The van der Waals surface area contributed by atoms with E-state index in [1.807, 2.05) is 0 Å². The second kappa shape index (κ2) is 23.5. The van der Waals surface area contributed by atoms with Gasteiger partial charge in [-0.1, -0.05) is 84.0 Å². The van der Waals surface area contributed by atoms with E-state index in [0.717, 1.165) is 12.8 Å². The van der Waals surface area contributed by atoms with Gasteiger partial charge in [0.05, 0.1) is 31.5 Å². The summed E-state index contributed by atoms with van der Waals surface area (Å²) in [5, 5.41) is 62.3. The van der Waals surface area contributed by atoms with E-state index < -0.39 is 43.2 Å². The molecule has 0 aliphatic carbocycles. The average Bonchev–Trinajstić information content (AvgIpc) is 2.82. The van der Waals surface area contributed by atoms with Gasteiger partial charge in [-0.15, -0.1) is 0 Å². The van der Waals surface area contributed by atoms with Crippen molar-refractivity contribution in [1.82, 2.24) is 0 Å². The van der Waals surface area contributed by atoms with Gasteiger partial charge in [0.25, 0.3) is 0 Å². The van der Waals surface area contributed by atoms with Crippen LogP contribution >= 0.6 is 0 Å². The van der Waals surface area contributed by atoms with Crippen molar-refractivity contribution in [2.75, 3.05) is 13.2 Å². The molecule has 32 heavy (non-hydrogen) atoms. The van der Waals surface area contributed by atoms with E-state index in [1.165, 1.54) is 64.2 Å². The minimum Gasteiger partial charge on any atom is -0.395 e. The lowest BCUT2D eigenvalue weighted by molar-refractivity contribution is -0.127. The SMILES string of the molecule is CCCCCCCCCCCCCCC(O)C(O)C(N)CO.O=CC(O)C(O)C(O)CO. The number of unbranched alkanes of at least 4 members (excludes halogenated alkanes) is 11. The lowest BCUT2D eigenvalue weighted by Gasteiger charge is -2.22. The summed E-state index contributed by atoms with van der Waals surface area (Å²) in [4.78, 5) is 9.76. The van der Waals surface area contributed by atoms with Gasteiger partial charge in [0.2, 0.25) is 0 Å². The molecule has 0 aromatic heterocycles. The fourth-order valence-corrected chi connectivity index (χ4v) is 3.17. The third-order valence-corrected chi connectivity index (χ3v) is 5.47. The van der Waals surface area contributed by atoms with E-state index >= 15 is 0 Å². The highest BCUT2D eigenvalue weighted by molar-refractivity contribution is 5.56. The van der Waals surface area contributed by atoms with Gasteiger partial charge in [-0.3, -0.25) is 0 Å². The number of aliphatic hydroxyl groups is 7. The van der Waals surface area contributed by atoms with Gasteiger partial charge < -0.3 is 46.3 Å². The molecule has 0 aromatic carbocycles. The van der Waals surface area contributed by atoms with Crippen LogP contribution in [0.2, 0.25) is 0 Å². The zero-order valence-corrected chi connectivity index (χ0v) is 19.8. The number of hydrogen-bond donors (Lipinski definition) is 8. The summed E-state index contributed by atoms with van der Waals surface area (Å²) in [5.41, 5.74) is 5.49. The van der Waals surface area contributed by atoms with Crippen molar-refractivity contribution in [3.63, 3.8) is 0 Å². The first-order valence-corrected chi connectivity index (χ1v) is 12.1. The number of rotatable bonds is 20. The summed E-state index contributed by atoms with van der Waals surface area (Å²) in [5.74, 6) is 0. The van der Waals surface area contributed by atoms with Crippen molar-refractivity contribution in [3.05, 3.63) is 0 Å². The molecule has 0 spiro atoms. The largest absolute Gasteiger partial charge is 0.395 e. The van der Waals surface area contributed by atoms with Gasteiger partial charge in [0.1, 0.15) is 18.3 Å². The van der Waals surface area contributed by atoms with Crippen LogP contribution in [0.5, 0.6) is 0 Å². The molecule has 0 bridgehead atoms. The molecule has 9 nitrogen and oxygen atoms in total. The molecule has 0 rings (SSSR count). The van der Waals surface area contributed by atoms with Gasteiger partial charge in [-0.2, -0.15) is 0 Å². The first-order chi connectivity index (χ1) is 15.3. The van der Waals surface area contributed by atoms with Crippen LogP contribution in [0.25, 0.3) is 0 Å². The molecule has 0 aliphatic rings. The predicted molar refractivity (Wildman–Crippen MR) is 124 cm³/mol. The zero-order valence-electron chi connectivity index (χ0n) is 19.8. The molecule has 0 aliphatic heterocycles. The minimum atomic E-state index is -1.64. The molecule has 0 aromatic rings. The van der Waals surface area contributed by atoms with Crippen LogP contribution in [0.1, 0.15) is 90.4 Å². The molecule has 0 fully saturated rings. The Hall–Kier alpha value is -0.650. The van der Waals surface area contributed by atoms with Crippen molar-refractivity contribution in [1.29, 1.82) is 0 Å². The number of hydrogen-bond acceptors (Lipinski definition) is 9. The Labute approximate surface area is 193 Å². The van der Waals surface area contributed by atoms with Crippen LogP contribution in [0.4, 0.5) is 0 Å². The Morgan fingerprint density at radius 3 is 1.47 bits per heavy atom. The van der Waals surface area contributed by atoms with E-state index in [2.05, 4.69) is 6.92 Å². The summed E-state index contributed by atoms with van der Waals surface area (Å²) in [6.45, 7) is 1.27. The highest BCUT2D eigenvalue weighted by Crippen LogP contribution is 2.14. The maximum Gasteiger partial charge on any atom is 0.151 e. The summed E-state index contributed by atoms with van der Waals surface area (Å²) >= 11 is 0. The average molecular weight is 468 g/mol. The number of carbonyl (C=O) groups is 1. The summed E-state index contributed by atoms with van der Waals surface area (Å²) in [6, 6.07) is -0.743. The summed E-state index contributed by atoms with van der Waals surface area (Å²) < 4.78 is 0. The fourth-order valence-electron chi connectivity index (χ4n) is 3.17. The minimum absolute atomic E-state index is 0.0869. The van der Waals surface area contributed by atoms with E-state index in [9.17, 15) is 15.0 Å². The predicted octanol–water partition coefficient (Wildman–Crippen LogP) is 0.379. The highest BCUT2D eigenvalue weighted by atomic mass is 16.4. The number of aliphatic hydroxyl groups excluding tert-OH is 7. The van der Waals surface area contributed by atoms with Crippen molar-refractivity contribution in [3.8, 4) is 0 Å². The van der Waals surface area contributed by atoms with Crippen molar-refractivity contribution < 1.29 is 40.5 Å². The lowest BCUT2D eigenvalue weighted by Crippen LogP contribution is -2.45. The van der Waals surface area contributed by atoms with Crippen molar-refractivity contribution in [2.24, 2.45) is 5.73 Å². The highest BCUT2D eigenvalue weighted by Gasteiger charge is 2.23. The van der Waals surface area contributed by atoms with Crippen LogP contribution in [-0.2, 0) is 4.79 Å². The molecule has 0 saturated carbocycles. The van der Waals surface area contributed by atoms with Crippen molar-refractivity contribution >= 4 is 6.29 Å². The Balaban J connectivity index is 0. The molecule has 9 N–H and O–H groups in total. The molecular weight excluding hydrogens is 418 g/mol. The van der Waals surface area contributed by atoms with E-state index in [4.69, 9.17) is 31.3 Å². The van der Waals surface area contributed by atoms with Gasteiger partial charge in [-0.25, -0.2) is 0 Å². The fraction of sp³-hybridized carbons (Fsp3) is 0.957. The molecule has 6 atom stereocenters. The van der Waals surface area contributed by atoms with Crippen LogP contribution in [0.3, 0.4) is 0 Å². The van der Waals surface area contributed by atoms with Gasteiger partial charge in [0, 0.05) is 0 Å². The molecule has 194 valence electrons. The lowest BCUT2D eigenvalue weighted by atomic mass is 10.00. The normalized spacial score (nSPS) is 16.9. The Morgan fingerprint density at radius 1 is 0.656 bits per heavy atom. The smallest absolute Gasteiger partial charge is 0.151 e. The molecule has 0 saturated heterocycles. The maximum atomic E-state index is 9.76. The first-order valence-electron chi connectivity index (χ1n) is 12.1. The molecule has 0 heterocycles. The molecule has 9 heteroatoms. The second-order valence-electron chi connectivity index (χ2n) is 8.45. The summed E-state index contributed by atoms with van der Waals surface area (Å²) in [6.07, 6.45) is 9.46. The van der Waals surface area contributed by atoms with Crippen LogP contribution in [0, 0.1) is 0 Å². The van der Waals surface area contributed by atoms with Gasteiger partial charge >= 0.3 is 0 Å². The monoisotopic (exact) mass is 467 g/mol. The third-order valence-electron chi connectivity index (χ3n) is 5.47. The van der Waals surface area contributed by atoms with E-state index in [-0.39, 0.29) is 12.9 Å². The molecular formula is C23H49NO8. The first kappa shape index (κ1) is 33.5. The Morgan fingerprint density at radius 2 is 1.09 bits per heavy atom. The van der Waals surface area contributed by atoms with E-state index in [0.29, 0.717) is 6.42 Å². The molecule has 0 radical (unpaired) electrons. The third kappa shape index (κ3) is 18.9. The van der Waals surface area contributed by atoms with Crippen LogP contribution in [0.15, 0.2) is 0 Å². The quantitative estimate of drug-likeness (QED) is 0.0925. The van der Waals surface area contributed by atoms with Crippen LogP contribution < -0.4 is 5.73 Å². The number of carbonyl (C=O) groups excluding carboxylic acids is 1. The van der Waals surface area contributed by atoms with Gasteiger partial charge in [0.15, 0.2) is 6.29 Å². The van der Waals surface area contributed by atoms with Crippen molar-refractivity contribution in [2.45, 2.75) is 127 Å². The maximum absolute atomic E-state index is 9.76. The van der Waals surface area contributed by atoms with Crippen LogP contribution in [-0.4, -0.2) is 91.8 Å². The summed E-state index contributed by atoms with van der Waals surface area (Å²) in [7, 11) is 0. The zero-order chi connectivity index (χ0) is 24.8. The molecule has 6 unspecified atom stereocenters. The molecule has 0 amide bonds. The number of aldehydes is 1. The topological polar surface area (TPSA) is 185 Å². The standard InChI is InChI=1S/C18H39NO3.C5H10O5/c1-2-3-4-5-6-7-8-9-10-11-12-13-14-17(21)18(22)16(19)15-20;6-1-3(8)5(10)4(9)2-7/h16-18,20-22H,2-15,19H2,1H3;1,3-5,7-10H,2H2.